The molecule has 1 aromatic heterocycles. The van der Waals surface area contributed by atoms with Crippen LogP contribution in [-0.2, 0) is 6.54 Å². The molecule has 16 heavy (non-hydrogen) atoms. The van der Waals surface area contributed by atoms with Crippen molar-refractivity contribution in [2.45, 2.75) is 26.8 Å². The van der Waals surface area contributed by atoms with Crippen molar-refractivity contribution < 1.29 is 0 Å². The first-order valence-electron chi connectivity index (χ1n) is 5.69. The Morgan fingerprint density at radius 3 is 2.88 bits per heavy atom. The van der Waals surface area contributed by atoms with Crippen LogP contribution < -0.4 is 10.9 Å². The first kappa shape index (κ1) is 12.7. The average Bonchev–Trinajstić information content (AvgIpc) is 2.24. The van der Waals surface area contributed by atoms with Crippen LogP contribution in [0.1, 0.15) is 19.0 Å². The number of nitrogens with one attached hydrogen (secondary N) is 1. The molecule has 3 nitrogen and oxygen atoms in total. The lowest BCUT2D eigenvalue weighted by molar-refractivity contribution is 0.655. The van der Waals surface area contributed by atoms with E-state index in [-0.39, 0.29) is 5.56 Å². The van der Waals surface area contributed by atoms with E-state index in [2.05, 4.69) is 18.8 Å². The summed E-state index contributed by atoms with van der Waals surface area (Å²) in [5, 5.41) is 3.28. The minimum Gasteiger partial charge on any atom is -0.313 e. The molecular weight excluding hydrogens is 200 g/mol. The van der Waals surface area contributed by atoms with Gasteiger partial charge in [0.25, 0.3) is 5.56 Å². The van der Waals surface area contributed by atoms with Gasteiger partial charge in [0.05, 0.1) is 0 Å². The molecule has 3 heteroatoms. The second kappa shape index (κ2) is 6.28. The second-order valence-corrected chi connectivity index (χ2v) is 4.02. The summed E-state index contributed by atoms with van der Waals surface area (Å²) >= 11 is 0. The van der Waals surface area contributed by atoms with E-state index in [0.29, 0.717) is 6.54 Å². The second-order valence-electron chi connectivity index (χ2n) is 4.02. The Hall–Kier alpha value is -1.35. The van der Waals surface area contributed by atoms with Crippen LogP contribution >= 0.6 is 0 Å². The molecule has 0 aromatic carbocycles. The van der Waals surface area contributed by atoms with E-state index in [1.807, 2.05) is 13.0 Å². The molecule has 0 aliphatic rings. The minimum atomic E-state index is 0.0386. The molecule has 0 aliphatic carbocycles. The molecule has 0 aliphatic heterocycles. The van der Waals surface area contributed by atoms with Gasteiger partial charge < -0.3 is 9.88 Å². The van der Waals surface area contributed by atoms with Crippen LogP contribution in [0.15, 0.2) is 35.1 Å². The van der Waals surface area contributed by atoms with Gasteiger partial charge in [-0.3, -0.25) is 4.79 Å². The van der Waals surface area contributed by atoms with E-state index >= 15 is 0 Å². The van der Waals surface area contributed by atoms with Crippen molar-refractivity contribution in [2.75, 3.05) is 13.1 Å². The van der Waals surface area contributed by atoms with Crippen molar-refractivity contribution >= 4 is 0 Å². The number of hydrogen-bond donors (Lipinski definition) is 1. The SMILES string of the molecule is C=C(CNCCC)Cn1c(C)cccc1=O. The summed E-state index contributed by atoms with van der Waals surface area (Å²) in [5.41, 5.74) is 2.05. The van der Waals surface area contributed by atoms with Crippen LogP contribution in [0.4, 0.5) is 0 Å². The zero-order valence-electron chi connectivity index (χ0n) is 10.1. The van der Waals surface area contributed by atoms with Gasteiger partial charge >= 0.3 is 0 Å². The molecular formula is C13H20N2O. The van der Waals surface area contributed by atoms with Crippen molar-refractivity contribution in [2.24, 2.45) is 0 Å². The summed E-state index contributed by atoms with van der Waals surface area (Å²) in [5.74, 6) is 0. The highest BCUT2D eigenvalue weighted by atomic mass is 16.1. The monoisotopic (exact) mass is 220 g/mol. The van der Waals surface area contributed by atoms with Crippen molar-refractivity contribution in [3.63, 3.8) is 0 Å². The van der Waals surface area contributed by atoms with Gasteiger partial charge in [-0.15, -0.1) is 0 Å². The Kier molecular flexibility index (Phi) is 4.99. The third-order valence-corrected chi connectivity index (χ3v) is 2.45. The Morgan fingerprint density at radius 2 is 2.25 bits per heavy atom. The van der Waals surface area contributed by atoms with E-state index in [1.54, 1.807) is 16.7 Å². The molecule has 0 fully saturated rings. The highest BCUT2D eigenvalue weighted by Gasteiger charge is 2.01. The topological polar surface area (TPSA) is 34.0 Å². The summed E-state index contributed by atoms with van der Waals surface area (Å²) in [6.07, 6.45) is 1.11. The number of pyridine rings is 1. The number of aryl methyl sites for hydroxylation is 1. The van der Waals surface area contributed by atoms with Crippen LogP contribution in [0.25, 0.3) is 0 Å². The van der Waals surface area contributed by atoms with Crippen molar-refractivity contribution in [3.8, 4) is 0 Å². The number of hydrogen-bond acceptors (Lipinski definition) is 2. The fourth-order valence-electron chi connectivity index (χ4n) is 1.55. The number of rotatable bonds is 6. The van der Waals surface area contributed by atoms with Crippen molar-refractivity contribution in [1.82, 2.24) is 9.88 Å². The van der Waals surface area contributed by atoms with Crippen LogP contribution in [0.5, 0.6) is 0 Å². The van der Waals surface area contributed by atoms with E-state index in [9.17, 15) is 4.79 Å². The Labute approximate surface area is 96.8 Å². The molecule has 1 rings (SSSR count). The molecule has 0 radical (unpaired) electrons. The summed E-state index contributed by atoms with van der Waals surface area (Å²) in [4.78, 5) is 11.6. The van der Waals surface area contributed by atoms with Gasteiger partial charge in [-0.2, -0.15) is 0 Å². The van der Waals surface area contributed by atoms with Crippen LogP contribution in [-0.4, -0.2) is 17.7 Å². The van der Waals surface area contributed by atoms with E-state index in [1.165, 1.54) is 0 Å². The zero-order valence-corrected chi connectivity index (χ0v) is 10.1. The minimum absolute atomic E-state index is 0.0386. The standard InChI is InChI=1S/C13H20N2O/c1-4-8-14-9-11(2)10-15-12(3)6-5-7-13(15)16/h5-7,14H,2,4,8-10H2,1,3H3. The molecule has 1 aromatic rings. The molecule has 0 saturated heterocycles. The maximum Gasteiger partial charge on any atom is 0.251 e. The predicted octanol–water partition coefficient (Wildman–Crippen LogP) is 1.71. The molecule has 0 spiro atoms. The van der Waals surface area contributed by atoms with Crippen molar-refractivity contribution in [1.29, 1.82) is 0 Å². The summed E-state index contributed by atoms with van der Waals surface area (Å²) < 4.78 is 1.75. The maximum atomic E-state index is 11.6. The fourth-order valence-corrected chi connectivity index (χ4v) is 1.55. The average molecular weight is 220 g/mol. The van der Waals surface area contributed by atoms with Gasteiger partial charge in [-0.25, -0.2) is 0 Å². The molecule has 1 heterocycles. The normalized spacial score (nSPS) is 10.4. The summed E-state index contributed by atoms with van der Waals surface area (Å²) in [7, 11) is 0. The van der Waals surface area contributed by atoms with E-state index in [0.717, 1.165) is 30.8 Å². The van der Waals surface area contributed by atoms with E-state index < -0.39 is 0 Å². The predicted molar refractivity (Wildman–Crippen MR) is 67.7 cm³/mol. The quantitative estimate of drug-likeness (QED) is 0.585. The molecule has 0 bridgehead atoms. The van der Waals surface area contributed by atoms with Gasteiger partial charge in [0.1, 0.15) is 0 Å². The molecule has 0 atom stereocenters. The third-order valence-electron chi connectivity index (χ3n) is 2.45. The third kappa shape index (κ3) is 3.66. The fraction of sp³-hybridized carbons (Fsp3) is 0.462. The van der Waals surface area contributed by atoms with Crippen LogP contribution in [0, 0.1) is 6.92 Å². The van der Waals surface area contributed by atoms with Crippen molar-refractivity contribution in [3.05, 3.63) is 46.4 Å². The highest BCUT2D eigenvalue weighted by molar-refractivity contribution is 5.08. The lowest BCUT2D eigenvalue weighted by Crippen LogP contribution is -2.25. The molecule has 1 N–H and O–H groups in total. The Morgan fingerprint density at radius 1 is 1.50 bits per heavy atom. The molecule has 0 amide bonds. The summed E-state index contributed by atoms with van der Waals surface area (Å²) in [6.45, 7) is 10.4. The van der Waals surface area contributed by atoms with Gasteiger partial charge in [0.2, 0.25) is 0 Å². The Balaban J connectivity index is 2.59. The van der Waals surface area contributed by atoms with Gasteiger partial charge in [-0.1, -0.05) is 19.6 Å². The molecule has 0 saturated carbocycles. The first-order valence-corrected chi connectivity index (χ1v) is 5.69. The largest absolute Gasteiger partial charge is 0.313 e. The van der Waals surface area contributed by atoms with Gasteiger partial charge in [0.15, 0.2) is 0 Å². The zero-order chi connectivity index (χ0) is 12.0. The number of nitrogens with zero attached hydrogens (tertiary/aromatic N) is 1. The Bertz CT molecular complexity index is 407. The molecule has 88 valence electrons. The lowest BCUT2D eigenvalue weighted by atomic mass is 10.2. The van der Waals surface area contributed by atoms with Gasteiger partial charge in [0, 0.05) is 24.8 Å². The van der Waals surface area contributed by atoms with Crippen LogP contribution in [0.2, 0.25) is 0 Å². The summed E-state index contributed by atoms with van der Waals surface area (Å²) in [6, 6.07) is 5.31. The molecule has 0 unspecified atom stereocenters. The lowest BCUT2D eigenvalue weighted by Gasteiger charge is -2.11. The maximum absolute atomic E-state index is 11.6. The van der Waals surface area contributed by atoms with E-state index in [4.69, 9.17) is 0 Å². The highest BCUT2D eigenvalue weighted by Crippen LogP contribution is 1.98. The number of aromatic nitrogens is 1. The van der Waals surface area contributed by atoms with Crippen LogP contribution in [0.3, 0.4) is 0 Å². The first-order chi connectivity index (χ1) is 7.65. The smallest absolute Gasteiger partial charge is 0.251 e. The van der Waals surface area contributed by atoms with Gasteiger partial charge in [-0.05, 0) is 31.5 Å².